The van der Waals surface area contributed by atoms with Gasteiger partial charge in [0.1, 0.15) is 0 Å². The van der Waals surface area contributed by atoms with Crippen LogP contribution in [0.15, 0.2) is 36.5 Å². The molecule has 0 aliphatic carbocycles. The smallest absolute Gasteiger partial charge is 0.275 e. The predicted molar refractivity (Wildman–Crippen MR) is 94.5 cm³/mol. The Balaban J connectivity index is 1.98. The summed E-state index contributed by atoms with van der Waals surface area (Å²) < 4.78 is 5.16. The van der Waals surface area contributed by atoms with E-state index in [9.17, 15) is 4.79 Å². The van der Waals surface area contributed by atoms with Crippen molar-refractivity contribution in [2.45, 2.75) is 39.0 Å². The Kier molecular flexibility index (Phi) is 6.29. The van der Waals surface area contributed by atoms with Crippen LogP contribution < -0.4 is 10.1 Å². The zero-order valence-corrected chi connectivity index (χ0v) is 14.7. The maximum absolute atomic E-state index is 12.4. The van der Waals surface area contributed by atoms with Gasteiger partial charge in [-0.2, -0.15) is 0 Å². The molecule has 5 heteroatoms. The molecule has 1 heterocycles. The lowest BCUT2D eigenvalue weighted by atomic mass is 9.98. The molecule has 0 aliphatic heterocycles. The van der Waals surface area contributed by atoms with Crippen LogP contribution in [0, 0.1) is 0 Å². The van der Waals surface area contributed by atoms with E-state index in [1.165, 1.54) is 12.7 Å². The molecule has 2 aromatic rings. The average Bonchev–Trinajstić information content (AvgIpc) is 2.61. The summed E-state index contributed by atoms with van der Waals surface area (Å²) in [6, 6.07) is 10.3. The highest BCUT2D eigenvalue weighted by Gasteiger charge is 2.17. The zero-order valence-electron chi connectivity index (χ0n) is 14.7. The molecule has 1 aromatic heterocycles. The molecule has 0 aliphatic rings. The van der Waals surface area contributed by atoms with Crippen molar-refractivity contribution in [2.75, 3.05) is 13.7 Å². The molecule has 0 saturated carbocycles. The van der Waals surface area contributed by atoms with Gasteiger partial charge in [-0.25, -0.2) is 9.97 Å². The van der Waals surface area contributed by atoms with Crippen LogP contribution >= 0.6 is 0 Å². The minimum atomic E-state index is -0.248. The molecule has 0 spiro atoms. The monoisotopic (exact) mass is 327 g/mol. The second kappa shape index (κ2) is 8.43. The van der Waals surface area contributed by atoms with E-state index in [2.05, 4.69) is 34.3 Å². The number of nitrogens with one attached hydrogen (secondary N) is 1. The molecule has 0 bridgehead atoms. The highest BCUT2D eigenvalue weighted by Crippen LogP contribution is 2.19. The van der Waals surface area contributed by atoms with E-state index < -0.39 is 0 Å². The highest BCUT2D eigenvalue weighted by atomic mass is 16.5. The van der Waals surface area contributed by atoms with Crippen molar-refractivity contribution < 1.29 is 9.53 Å². The topological polar surface area (TPSA) is 64.1 Å². The first-order chi connectivity index (χ1) is 11.5. The first-order valence-electron chi connectivity index (χ1n) is 8.27. The van der Waals surface area contributed by atoms with Gasteiger partial charge in [0.25, 0.3) is 5.91 Å². The molecular formula is C19H25N3O2. The van der Waals surface area contributed by atoms with Crippen molar-refractivity contribution in [3.05, 3.63) is 53.5 Å². The Hall–Kier alpha value is -2.43. The maximum Gasteiger partial charge on any atom is 0.275 e. The van der Waals surface area contributed by atoms with Gasteiger partial charge in [0.05, 0.1) is 19.0 Å². The van der Waals surface area contributed by atoms with E-state index in [1.54, 1.807) is 6.20 Å². The first-order valence-corrected chi connectivity index (χ1v) is 8.27. The quantitative estimate of drug-likeness (QED) is 0.845. The Morgan fingerprint density at radius 1 is 1.21 bits per heavy atom. The summed E-state index contributed by atoms with van der Waals surface area (Å²) in [6.45, 7) is 6.76. The van der Waals surface area contributed by atoms with Crippen LogP contribution in [-0.2, 0) is 0 Å². The maximum atomic E-state index is 12.4. The molecule has 128 valence electrons. The van der Waals surface area contributed by atoms with Crippen molar-refractivity contribution >= 4 is 5.91 Å². The lowest BCUT2D eigenvalue weighted by molar-refractivity contribution is 0.0943. The zero-order chi connectivity index (χ0) is 17.5. The summed E-state index contributed by atoms with van der Waals surface area (Å²) in [6.07, 6.45) is 2.51. The van der Waals surface area contributed by atoms with E-state index in [0.717, 1.165) is 12.1 Å². The van der Waals surface area contributed by atoms with Crippen molar-refractivity contribution in [3.8, 4) is 5.88 Å². The predicted octanol–water partition coefficient (Wildman–Crippen LogP) is 3.53. The van der Waals surface area contributed by atoms with Gasteiger partial charge in [-0.1, -0.05) is 51.1 Å². The third-order valence-corrected chi connectivity index (χ3v) is 3.99. The van der Waals surface area contributed by atoms with Crippen molar-refractivity contribution in [1.82, 2.24) is 15.3 Å². The Bertz CT molecular complexity index is 672. The van der Waals surface area contributed by atoms with Gasteiger partial charge in [-0.05, 0) is 23.8 Å². The van der Waals surface area contributed by atoms with Gasteiger partial charge >= 0.3 is 0 Å². The van der Waals surface area contributed by atoms with Crippen LogP contribution in [0.4, 0.5) is 0 Å². The second-order valence-electron chi connectivity index (χ2n) is 6.16. The molecule has 0 fully saturated rings. The standard InChI is InChI=1S/C19H25N3O2/c1-13(2)16-12-21-19(24-4)17(22-16)18(23)20-11-10-14(3)15-8-6-5-7-9-15/h5-9,12-14H,10-11H2,1-4H3,(H,20,23). The lowest BCUT2D eigenvalue weighted by Crippen LogP contribution is -2.27. The minimum absolute atomic E-state index is 0.202. The van der Waals surface area contributed by atoms with Crippen LogP contribution in [0.1, 0.15) is 60.8 Å². The molecule has 0 radical (unpaired) electrons. The van der Waals surface area contributed by atoms with Gasteiger partial charge in [0.2, 0.25) is 5.88 Å². The summed E-state index contributed by atoms with van der Waals surface area (Å²) in [4.78, 5) is 21.0. The number of methoxy groups -OCH3 is 1. The van der Waals surface area contributed by atoms with E-state index in [-0.39, 0.29) is 23.4 Å². The molecule has 5 nitrogen and oxygen atoms in total. The molecule has 24 heavy (non-hydrogen) atoms. The fourth-order valence-electron chi connectivity index (χ4n) is 2.40. The molecule has 1 aromatic carbocycles. The van der Waals surface area contributed by atoms with Crippen molar-refractivity contribution in [1.29, 1.82) is 0 Å². The van der Waals surface area contributed by atoms with Gasteiger partial charge in [-0.3, -0.25) is 4.79 Å². The highest BCUT2D eigenvalue weighted by molar-refractivity contribution is 5.94. The molecule has 1 unspecified atom stereocenters. The number of amides is 1. The number of hydrogen-bond donors (Lipinski definition) is 1. The summed E-state index contributed by atoms with van der Waals surface area (Å²) >= 11 is 0. The number of ether oxygens (including phenoxy) is 1. The third-order valence-electron chi connectivity index (χ3n) is 3.99. The Morgan fingerprint density at radius 2 is 1.92 bits per heavy atom. The number of aromatic nitrogens is 2. The van der Waals surface area contributed by atoms with Crippen LogP contribution in [0.3, 0.4) is 0 Å². The van der Waals surface area contributed by atoms with E-state index in [1.807, 2.05) is 32.0 Å². The lowest BCUT2D eigenvalue weighted by Gasteiger charge is -2.13. The molecule has 2 rings (SSSR count). The molecule has 1 amide bonds. The molecule has 0 saturated heterocycles. The normalized spacial score (nSPS) is 12.0. The van der Waals surface area contributed by atoms with Crippen LogP contribution in [0.2, 0.25) is 0 Å². The van der Waals surface area contributed by atoms with Gasteiger partial charge in [0.15, 0.2) is 5.69 Å². The number of hydrogen-bond acceptors (Lipinski definition) is 4. The van der Waals surface area contributed by atoms with Crippen LogP contribution in [0.25, 0.3) is 0 Å². The van der Waals surface area contributed by atoms with Crippen LogP contribution in [-0.4, -0.2) is 29.5 Å². The fourth-order valence-corrected chi connectivity index (χ4v) is 2.40. The van der Waals surface area contributed by atoms with E-state index in [4.69, 9.17) is 4.74 Å². The van der Waals surface area contributed by atoms with Crippen LogP contribution in [0.5, 0.6) is 5.88 Å². The summed E-state index contributed by atoms with van der Waals surface area (Å²) in [5.41, 5.74) is 2.29. The summed E-state index contributed by atoms with van der Waals surface area (Å²) in [5, 5.41) is 2.92. The minimum Gasteiger partial charge on any atom is -0.479 e. The fraction of sp³-hybridized carbons (Fsp3) is 0.421. The molecule has 1 atom stereocenters. The van der Waals surface area contributed by atoms with Crippen molar-refractivity contribution in [2.24, 2.45) is 0 Å². The SMILES string of the molecule is COc1ncc(C(C)C)nc1C(=O)NCCC(C)c1ccccc1. The third kappa shape index (κ3) is 4.54. The molecular weight excluding hydrogens is 302 g/mol. The van der Waals surface area contributed by atoms with Crippen molar-refractivity contribution in [3.63, 3.8) is 0 Å². The summed E-state index contributed by atoms with van der Waals surface area (Å²) in [7, 11) is 1.49. The van der Waals surface area contributed by atoms with Gasteiger partial charge in [-0.15, -0.1) is 0 Å². The average molecular weight is 327 g/mol. The van der Waals surface area contributed by atoms with Gasteiger partial charge in [0, 0.05) is 6.54 Å². The Labute approximate surface area is 143 Å². The largest absolute Gasteiger partial charge is 0.479 e. The number of rotatable bonds is 7. The second-order valence-corrected chi connectivity index (χ2v) is 6.16. The number of carbonyl (C=O) groups excluding carboxylic acids is 1. The van der Waals surface area contributed by atoms with Gasteiger partial charge < -0.3 is 10.1 Å². The first kappa shape index (κ1) is 17.9. The summed E-state index contributed by atoms with van der Waals surface area (Å²) in [5.74, 6) is 0.588. The Morgan fingerprint density at radius 3 is 2.54 bits per heavy atom. The van der Waals surface area contributed by atoms with E-state index in [0.29, 0.717) is 12.5 Å². The molecule has 1 N–H and O–H groups in total. The number of carbonyl (C=O) groups is 1. The van der Waals surface area contributed by atoms with E-state index >= 15 is 0 Å². The number of benzene rings is 1. The number of nitrogens with zero attached hydrogens (tertiary/aromatic N) is 2.